The summed E-state index contributed by atoms with van der Waals surface area (Å²) in [6.07, 6.45) is 3.35. The molecule has 0 atom stereocenters. The summed E-state index contributed by atoms with van der Waals surface area (Å²) in [7, 11) is 0. The molecule has 164 valence electrons. The number of benzene rings is 2. The molecule has 0 spiro atoms. The predicted molar refractivity (Wildman–Crippen MR) is 124 cm³/mol. The Hall–Kier alpha value is -4.46. The number of aryl methyl sites for hydroxylation is 2. The highest BCUT2D eigenvalue weighted by Crippen LogP contribution is 2.23. The van der Waals surface area contributed by atoms with Crippen LogP contribution in [-0.2, 0) is 6.61 Å². The summed E-state index contributed by atoms with van der Waals surface area (Å²) >= 11 is 0. The quantitative estimate of drug-likeness (QED) is 0.406. The molecule has 0 radical (unpaired) electrons. The van der Waals surface area contributed by atoms with Crippen molar-refractivity contribution in [3.8, 4) is 11.6 Å². The van der Waals surface area contributed by atoms with Gasteiger partial charge in [0.05, 0.1) is 39.7 Å². The number of amides is 1. The summed E-state index contributed by atoms with van der Waals surface area (Å²) in [5.74, 6) is 1.60. The lowest BCUT2D eigenvalue weighted by Crippen LogP contribution is -2.14. The number of ether oxygens (including phenoxy) is 1. The third kappa shape index (κ3) is 4.06. The van der Waals surface area contributed by atoms with Crippen molar-refractivity contribution in [1.82, 2.24) is 19.7 Å². The Morgan fingerprint density at radius 2 is 1.85 bits per heavy atom. The number of anilines is 1. The molecule has 3 heterocycles. The molecule has 1 amide bonds. The van der Waals surface area contributed by atoms with E-state index < -0.39 is 0 Å². The highest BCUT2D eigenvalue weighted by Gasteiger charge is 2.15. The number of aromatic nitrogens is 4. The molecule has 0 unspecified atom stereocenters. The van der Waals surface area contributed by atoms with Crippen LogP contribution in [0.3, 0.4) is 0 Å². The second kappa shape index (κ2) is 8.58. The molecule has 33 heavy (non-hydrogen) atoms. The number of fused-ring (bicyclic) bond motifs is 1. The van der Waals surface area contributed by atoms with Crippen molar-refractivity contribution in [1.29, 1.82) is 0 Å². The molecular formula is C25H21N5O3. The normalized spacial score (nSPS) is 11.0. The van der Waals surface area contributed by atoms with Crippen LogP contribution in [0.2, 0.25) is 0 Å². The Morgan fingerprint density at radius 3 is 2.64 bits per heavy atom. The van der Waals surface area contributed by atoms with Crippen molar-refractivity contribution in [3.05, 3.63) is 95.8 Å². The van der Waals surface area contributed by atoms with Gasteiger partial charge < -0.3 is 14.6 Å². The zero-order chi connectivity index (χ0) is 22.8. The minimum absolute atomic E-state index is 0.264. The largest absolute Gasteiger partial charge is 0.488 e. The van der Waals surface area contributed by atoms with Gasteiger partial charge in [0.15, 0.2) is 0 Å². The number of pyridine rings is 1. The molecule has 0 aliphatic heterocycles. The van der Waals surface area contributed by atoms with Crippen molar-refractivity contribution < 1.29 is 14.1 Å². The van der Waals surface area contributed by atoms with E-state index in [0.29, 0.717) is 28.6 Å². The number of hydrogen-bond donors (Lipinski definition) is 1. The van der Waals surface area contributed by atoms with E-state index >= 15 is 0 Å². The van der Waals surface area contributed by atoms with Crippen LogP contribution in [0.15, 0.2) is 77.7 Å². The van der Waals surface area contributed by atoms with E-state index in [4.69, 9.17) is 9.26 Å². The molecule has 0 aliphatic rings. The van der Waals surface area contributed by atoms with Crippen LogP contribution in [0.1, 0.15) is 27.4 Å². The number of nitrogens with one attached hydrogen (secondary N) is 1. The van der Waals surface area contributed by atoms with Gasteiger partial charge in [0.2, 0.25) is 0 Å². The first-order valence-electron chi connectivity index (χ1n) is 10.4. The van der Waals surface area contributed by atoms with Crippen LogP contribution >= 0.6 is 0 Å². The lowest BCUT2D eigenvalue weighted by molar-refractivity contribution is 0.102. The van der Waals surface area contributed by atoms with Crippen molar-refractivity contribution >= 4 is 22.6 Å². The second-order valence-electron chi connectivity index (χ2n) is 7.55. The van der Waals surface area contributed by atoms with Crippen LogP contribution in [0.4, 0.5) is 5.69 Å². The molecule has 1 N–H and O–H groups in total. The number of para-hydroxylation sites is 3. The Morgan fingerprint density at radius 1 is 1.03 bits per heavy atom. The average Bonchev–Trinajstić information content (AvgIpc) is 3.41. The summed E-state index contributed by atoms with van der Waals surface area (Å²) in [4.78, 5) is 21.8. The number of carbonyl (C=O) groups is 1. The van der Waals surface area contributed by atoms with Crippen LogP contribution < -0.4 is 10.1 Å². The van der Waals surface area contributed by atoms with E-state index in [1.807, 2.05) is 60.9 Å². The molecule has 0 aliphatic carbocycles. The maximum atomic E-state index is 13.0. The number of nitrogens with zero attached hydrogens (tertiary/aromatic N) is 4. The summed E-state index contributed by atoms with van der Waals surface area (Å²) in [5, 5.41) is 6.82. The van der Waals surface area contributed by atoms with Gasteiger partial charge in [-0.05, 0) is 50.2 Å². The van der Waals surface area contributed by atoms with E-state index in [1.54, 1.807) is 30.7 Å². The molecule has 0 saturated carbocycles. The molecule has 8 heteroatoms. The van der Waals surface area contributed by atoms with E-state index in [1.165, 1.54) is 0 Å². The zero-order valence-corrected chi connectivity index (χ0v) is 18.1. The Balaban J connectivity index is 1.32. The van der Waals surface area contributed by atoms with Crippen LogP contribution in [0.5, 0.6) is 5.75 Å². The van der Waals surface area contributed by atoms with Crippen LogP contribution in [-0.4, -0.2) is 25.6 Å². The van der Waals surface area contributed by atoms with Crippen molar-refractivity contribution in [3.63, 3.8) is 0 Å². The minimum Gasteiger partial charge on any atom is -0.488 e. The summed E-state index contributed by atoms with van der Waals surface area (Å²) < 4.78 is 13.0. The van der Waals surface area contributed by atoms with Gasteiger partial charge in [-0.2, -0.15) is 0 Å². The van der Waals surface area contributed by atoms with E-state index in [2.05, 4.69) is 20.4 Å². The molecule has 5 rings (SSSR count). The van der Waals surface area contributed by atoms with Crippen molar-refractivity contribution in [2.45, 2.75) is 20.5 Å². The van der Waals surface area contributed by atoms with Gasteiger partial charge in [-0.25, -0.2) is 9.97 Å². The minimum atomic E-state index is -0.285. The second-order valence-corrected chi connectivity index (χ2v) is 7.55. The van der Waals surface area contributed by atoms with Gasteiger partial charge in [0.25, 0.3) is 5.91 Å². The topological polar surface area (TPSA) is 95.1 Å². The first kappa shape index (κ1) is 20.4. The summed E-state index contributed by atoms with van der Waals surface area (Å²) in [6.45, 7) is 3.96. The fourth-order valence-corrected chi connectivity index (χ4v) is 3.58. The number of carbonyl (C=O) groups excluding carboxylic acids is 1. The van der Waals surface area contributed by atoms with Gasteiger partial charge >= 0.3 is 0 Å². The highest BCUT2D eigenvalue weighted by atomic mass is 16.5. The summed E-state index contributed by atoms with van der Waals surface area (Å²) in [5.41, 5.74) is 4.50. The molecule has 2 aromatic carbocycles. The first-order chi connectivity index (χ1) is 16.1. The zero-order valence-electron chi connectivity index (χ0n) is 18.1. The maximum absolute atomic E-state index is 13.0. The highest BCUT2D eigenvalue weighted by molar-refractivity contribution is 6.06. The number of hydrogen-bond acceptors (Lipinski definition) is 6. The van der Waals surface area contributed by atoms with E-state index in [9.17, 15) is 4.79 Å². The maximum Gasteiger partial charge on any atom is 0.259 e. The molecule has 5 aromatic rings. The monoisotopic (exact) mass is 439 g/mol. The smallest absolute Gasteiger partial charge is 0.259 e. The van der Waals surface area contributed by atoms with E-state index in [-0.39, 0.29) is 12.5 Å². The summed E-state index contributed by atoms with van der Waals surface area (Å²) in [6, 6.07) is 18.6. The first-order valence-corrected chi connectivity index (χ1v) is 10.4. The fraction of sp³-hybridized carbons (Fsp3) is 0.120. The third-order valence-electron chi connectivity index (χ3n) is 5.39. The van der Waals surface area contributed by atoms with Crippen molar-refractivity contribution in [2.24, 2.45) is 0 Å². The Kier molecular flexibility index (Phi) is 5.32. The van der Waals surface area contributed by atoms with Gasteiger partial charge in [-0.3, -0.25) is 9.36 Å². The number of rotatable bonds is 6. The van der Waals surface area contributed by atoms with Crippen molar-refractivity contribution in [2.75, 3.05) is 5.32 Å². The fourth-order valence-electron chi connectivity index (χ4n) is 3.58. The third-order valence-corrected chi connectivity index (χ3v) is 5.39. The van der Waals surface area contributed by atoms with Gasteiger partial charge in [0, 0.05) is 0 Å². The predicted octanol–water partition coefficient (Wildman–Crippen LogP) is 4.86. The molecule has 0 fully saturated rings. The molecule has 8 nitrogen and oxygen atoms in total. The van der Waals surface area contributed by atoms with E-state index in [0.717, 1.165) is 22.3 Å². The Bertz CT molecular complexity index is 1420. The van der Waals surface area contributed by atoms with Gasteiger partial charge in [0.1, 0.15) is 30.3 Å². The SMILES string of the molecule is Cc1noc(C)c1COc1ccccc1C(=O)Nc1ccc(-n2cnc3ccccc32)nc1. The number of imidazole rings is 1. The van der Waals surface area contributed by atoms with Crippen LogP contribution in [0.25, 0.3) is 16.9 Å². The standard InChI is InChI=1S/C25H21N5O3/c1-16-20(17(2)33-29-16)14-32-23-10-6-3-7-19(23)25(31)28-18-11-12-24(26-13-18)30-15-27-21-8-4-5-9-22(21)30/h3-13,15H,14H2,1-2H3,(H,28,31). The lowest BCUT2D eigenvalue weighted by Gasteiger charge is -2.12. The van der Waals surface area contributed by atoms with Crippen LogP contribution in [0, 0.1) is 13.8 Å². The lowest BCUT2D eigenvalue weighted by atomic mass is 10.1. The van der Waals surface area contributed by atoms with Gasteiger partial charge in [-0.1, -0.05) is 29.4 Å². The molecular weight excluding hydrogens is 418 g/mol. The molecule has 3 aromatic heterocycles. The average molecular weight is 439 g/mol. The van der Waals surface area contributed by atoms with Gasteiger partial charge in [-0.15, -0.1) is 0 Å². The molecule has 0 bridgehead atoms. The Labute approximate surface area is 189 Å². The molecule has 0 saturated heterocycles.